The molecule has 2 atom stereocenters. The van der Waals surface area contributed by atoms with Crippen molar-refractivity contribution in [3.8, 4) is 0 Å². The van der Waals surface area contributed by atoms with Crippen LogP contribution in [-0.2, 0) is 20.7 Å². The van der Waals surface area contributed by atoms with Crippen molar-refractivity contribution in [2.75, 3.05) is 13.7 Å². The molecule has 3 N–H and O–H groups in total. The Morgan fingerprint density at radius 3 is 2.44 bits per heavy atom. The molecule has 2 rings (SSSR count). The molecule has 5 nitrogen and oxygen atoms in total. The van der Waals surface area contributed by atoms with Crippen LogP contribution in [0.3, 0.4) is 0 Å². The van der Waals surface area contributed by atoms with Gasteiger partial charge in [0.25, 0.3) is 0 Å². The van der Waals surface area contributed by atoms with Crippen LogP contribution < -0.4 is 11.1 Å². The van der Waals surface area contributed by atoms with E-state index in [4.69, 9.17) is 22.1 Å². The lowest BCUT2D eigenvalue weighted by Gasteiger charge is -2.36. The summed E-state index contributed by atoms with van der Waals surface area (Å²) in [5.41, 5.74) is 6.67. The molecular formula is C18H24Cl2F2N2O3. The van der Waals surface area contributed by atoms with E-state index in [0.717, 1.165) is 5.56 Å². The van der Waals surface area contributed by atoms with Crippen molar-refractivity contribution in [1.82, 2.24) is 5.32 Å². The summed E-state index contributed by atoms with van der Waals surface area (Å²) >= 11 is 5.84. The van der Waals surface area contributed by atoms with E-state index < -0.39 is 29.8 Å². The molecule has 152 valence electrons. The monoisotopic (exact) mass is 424 g/mol. The number of ether oxygens (including phenoxy) is 1. The Bertz CT molecular complexity index is 636. The molecule has 0 heterocycles. The Hall–Kier alpha value is -1.44. The highest BCUT2D eigenvalue weighted by Gasteiger charge is 2.45. The molecule has 1 saturated carbocycles. The average Bonchev–Trinajstić information content (AvgIpc) is 2.57. The highest BCUT2D eigenvalue weighted by atomic mass is 35.5. The van der Waals surface area contributed by atoms with Gasteiger partial charge >= 0.3 is 5.97 Å². The Morgan fingerprint density at radius 1 is 1.33 bits per heavy atom. The number of halogens is 4. The third-order valence-electron chi connectivity index (χ3n) is 4.55. The molecule has 1 aliphatic rings. The molecule has 0 radical (unpaired) electrons. The maximum atomic E-state index is 12.9. The fourth-order valence-corrected chi connectivity index (χ4v) is 3.21. The van der Waals surface area contributed by atoms with Gasteiger partial charge in [-0.25, -0.2) is 8.78 Å². The molecule has 2 unspecified atom stereocenters. The van der Waals surface area contributed by atoms with Gasteiger partial charge in [-0.1, -0.05) is 23.7 Å². The topological polar surface area (TPSA) is 81.4 Å². The van der Waals surface area contributed by atoms with E-state index in [1.807, 2.05) is 0 Å². The molecule has 0 saturated heterocycles. The van der Waals surface area contributed by atoms with Gasteiger partial charge in [-0.15, -0.1) is 12.4 Å². The van der Waals surface area contributed by atoms with E-state index in [2.05, 4.69) is 5.32 Å². The van der Waals surface area contributed by atoms with Crippen molar-refractivity contribution in [3.63, 3.8) is 0 Å². The molecule has 1 fully saturated rings. The van der Waals surface area contributed by atoms with Crippen LogP contribution in [0.1, 0.15) is 24.8 Å². The number of carbonyl (C=O) groups excluding carboxylic acids is 2. The molecule has 9 heteroatoms. The minimum absolute atomic E-state index is 0. The number of benzene rings is 1. The second kappa shape index (κ2) is 10.2. The molecule has 0 bridgehead atoms. The van der Waals surface area contributed by atoms with Gasteiger partial charge in [0.1, 0.15) is 0 Å². The van der Waals surface area contributed by atoms with E-state index >= 15 is 0 Å². The zero-order valence-corrected chi connectivity index (χ0v) is 16.5. The minimum Gasteiger partial charge on any atom is -0.469 e. The summed E-state index contributed by atoms with van der Waals surface area (Å²) in [6.45, 7) is 0.0582. The van der Waals surface area contributed by atoms with Crippen LogP contribution >= 0.6 is 24.0 Å². The average molecular weight is 425 g/mol. The smallest absolute Gasteiger partial charge is 0.310 e. The first-order chi connectivity index (χ1) is 12.2. The number of esters is 1. The van der Waals surface area contributed by atoms with Crippen LogP contribution in [0, 0.1) is 11.8 Å². The van der Waals surface area contributed by atoms with Crippen LogP contribution in [-0.4, -0.2) is 37.5 Å². The summed E-state index contributed by atoms with van der Waals surface area (Å²) < 4.78 is 30.5. The van der Waals surface area contributed by atoms with Crippen molar-refractivity contribution in [2.45, 2.75) is 37.6 Å². The van der Waals surface area contributed by atoms with Gasteiger partial charge in [0, 0.05) is 24.4 Å². The Kier molecular flexibility index (Phi) is 8.91. The van der Waals surface area contributed by atoms with Crippen LogP contribution in [0.5, 0.6) is 0 Å². The van der Waals surface area contributed by atoms with Gasteiger partial charge in [0.15, 0.2) is 0 Å². The third-order valence-corrected chi connectivity index (χ3v) is 4.80. The summed E-state index contributed by atoms with van der Waals surface area (Å²) in [6.07, 6.45) is 0.125. The molecule has 0 aromatic heterocycles. The zero-order chi connectivity index (χ0) is 19.3. The van der Waals surface area contributed by atoms with Gasteiger partial charge in [-0.2, -0.15) is 0 Å². The van der Waals surface area contributed by atoms with E-state index in [0.29, 0.717) is 11.4 Å². The normalized spacial score (nSPS) is 17.8. The molecule has 1 amide bonds. The Morgan fingerprint density at radius 2 is 1.93 bits per heavy atom. The summed E-state index contributed by atoms with van der Waals surface area (Å²) in [4.78, 5) is 24.1. The quantitative estimate of drug-likeness (QED) is 0.628. The van der Waals surface area contributed by atoms with Crippen LogP contribution in [0.4, 0.5) is 8.78 Å². The summed E-state index contributed by atoms with van der Waals surface area (Å²) in [7, 11) is 1.28. The lowest BCUT2D eigenvalue weighted by Crippen LogP contribution is -2.47. The zero-order valence-electron chi connectivity index (χ0n) is 14.9. The lowest BCUT2D eigenvalue weighted by atomic mass is 9.77. The van der Waals surface area contributed by atoms with Gasteiger partial charge in [0.05, 0.1) is 19.1 Å². The molecule has 27 heavy (non-hydrogen) atoms. The number of alkyl halides is 2. The van der Waals surface area contributed by atoms with E-state index in [1.165, 1.54) is 7.11 Å². The predicted octanol–water partition coefficient (Wildman–Crippen LogP) is 2.97. The summed E-state index contributed by atoms with van der Waals surface area (Å²) in [5.74, 6) is -4.35. The number of carbonyl (C=O) groups is 2. The minimum atomic E-state index is -2.63. The standard InChI is InChI=1S/C18H23ClF2N2O3.ClH/c1-26-17(25)13(6-11-2-4-14(19)5-3-11)10-23-16(24)15(22)7-12-8-18(20,21)9-12;/h2-5,12-13,15H,6-10,22H2,1H3,(H,23,24);1H. The fourth-order valence-electron chi connectivity index (χ4n) is 3.08. The van der Waals surface area contributed by atoms with E-state index in [1.54, 1.807) is 24.3 Å². The summed E-state index contributed by atoms with van der Waals surface area (Å²) in [6, 6.07) is 6.15. The largest absolute Gasteiger partial charge is 0.469 e. The first-order valence-electron chi connectivity index (χ1n) is 8.43. The number of amides is 1. The number of nitrogens with one attached hydrogen (secondary N) is 1. The highest BCUT2D eigenvalue weighted by molar-refractivity contribution is 6.30. The molecule has 1 aromatic carbocycles. The SMILES string of the molecule is COC(=O)C(CNC(=O)C(N)CC1CC(F)(F)C1)Cc1ccc(Cl)cc1.Cl. The van der Waals surface area contributed by atoms with Crippen molar-refractivity contribution >= 4 is 35.9 Å². The highest BCUT2D eigenvalue weighted by Crippen LogP contribution is 2.44. The molecule has 1 aromatic rings. The fraction of sp³-hybridized carbons (Fsp3) is 0.556. The number of hydrogen-bond acceptors (Lipinski definition) is 4. The van der Waals surface area contributed by atoms with Crippen molar-refractivity contribution in [3.05, 3.63) is 34.9 Å². The van der Waals surface area contributed by atoms with Crippen LogP contribution in [0.25, 0.3) is 0 Å². The summed E-state index contributed by atoms with van der Waals surface area (Å²) in [5, 5.41) is 3.21. The maximum Gasteiger partial charge on any atom is 0.310 e. The van der Waals surface area contributed by atoms with Crippen LogP contribution in [0.15, 0.2) is 24.3 Å². The Balaban J connectivity index is 0.00000364. The maximum absolute atomic E-state index is 12.9. The van der Waals surface area contributed by atoms with Crippen molar-refractivity contribution in [1.29, 1.82) is 0 Å². The number of methoxy groups -OCH3 is 1. The first kappa shape index (κ1) is 23.6. The predicted molar refractivity (Wildman–Crippen MR) is 101 cm³/mol. The molecular weight excluding hydrogens is 401 g/mol. The van der Waals surface area contributed by atoms with Gasteiger partial charge in [-0.3, -0.25) is 9.59 Å². The third kappa shape index (κ3) is 7.24. The number of nitrogens with two attached hydrogens (primary N) is 1. The van der Waals surface area contributed by atoms with Gasteiger partial charge in [0.2, 0.25) is 11.8 Å². The first-order valence-corrected chi connectivity index (χ1v) is 8.81. The number of rotatable bonds is 8. The molecule has 0 spiro atoms. The second-order valence-corrected chi connectivity index (χ2v) is 7.20. The van der Waals surface area contributed by atoms with Crippen molar-refractivity contribution < 1.29 is 23.1 Å². The van der Waals surface area contributed by atoms with E-state index in [-0.39, 0.29) is 44.1 Å². The molecule has 0 aliphatic heterocycles. The van der Waals surface area contributed by atoms with E-state index in [9.17, 15) is 18.4 Å². The van der Waals surface area contributed by atoms with Crippen LogP contribution in [0.2, 0.25) is 5.02 Å². The Labute approximate surface area is 168 Å². The second-order valence-electron chi connectivity index (χ2n) is 6.77. The number of hydrogen-bond donors (Lipinski definition) is 2. The lowest BCUT2D eigenvalue weighted by molar-refractivity contribution is -0.145. The molecule has 1 aliphatic carbocycles. The van der Waals surface area contributed by atoms with Gasteiger partial charge in [-0.05, 0) is 36.5 Å². The van der Waals surface area contributed by atoms with Crippen molar-refractivity contribution in [2.24, 2.45) is 17.6 Å². The van der Waals surface area contributed by atoms with Gasteiger partial charge < -0.3 is 15.8 Å².